The summed E-state index contributed by atoms with van der Waals surface area (Å²) >= 11 is 0. The molecule has 2 aromatic heterocycles. The van der Waals surface area contributed by atoms with Gasteiger partial charge in [-0.15, -0.1) is 0 Å². The highest BCUT2D eigenvalue weighted by Gasteiger charge is 2.17. The number of furan rings is 1. The van der Waals surface area contributed by atoms with Crippen molar-refractivity contribution in [3.63, 3.8) is 0 Å². The van der Waals surface area contributed by atoms with Crippen LogP contribution in [0, 0.1) is 6.92 Å². The van der Waals surface area contributed by atoms with Gasteiger partial charge in [-0.3, -0.25) is 0 Å². The number of hydrogen-bond acceptors (Lipinski definition) is 5. The van der Waals surface area contributed by atoms with Crippen LogP contribution in [0.2, 0.25) is 0 Å². The average molecular weight is 235 g/mol. The van der Waals surface area contributed by atoms with E-state index in [2.05, 4.69) is 22.4 Å². The second-order valence-electron chi connectivity index (χ2n) is 4.06. The Morgan fingerprint density at radius 1 is 1.47 bits per heavy atom. The second-order valence-corrected chi connectivity index (χ2v) is 4.06. The molecule has 2 heterocycles. The molecule has 0 aromatic carbocycles. The Hall–Kier alpha value is -1.62. The van der Waals surface area contributed by atoms with Gasteiger partial charge in [-0.1, -0.05) is 12.1 Å². The van der Waals surface area contributed by atoms with E-state index >= 15 is 0 Å². The van der Waals surface area contributed by atoms with Crippen molar-refractivity contribution in [2.45, 2.75) is 33.2 Å². The van der Waals surface area contributed by atoms with Gasteiger partial charge in [0, 0.05) is 0 Å². The maximum Gasteiger partial charge on any atom is 0.243 e. The van der Waals surface area contributed by atoms with E-state index in [1.165, 1.54) is 0 Å². The molecule has 1 unspecified atom stereocenters. The lowest BCUT2D eigenvalue weighted by Gasteiger charge is -2.06. The minimum Gasteiger partial charge on any atom is -0.461 e. The Morgan fingerprint density at radius 3 is 2.94 bits per heavy atom. The van der Waals surface area contributed by atoms with Crippen LogP contribution < -0.4 is 5.32 Å². The van der Waals surface area contributed by atoms with Crippen LogP contribution in [0.3, 0.4) is 0 Å². The SMILES string of the molecule is CCCNC(C)c1nc(-c2occc2C)no1. The van der Waals surface area contributed by atoms with Gasteiger partial charge in [0.2, 0.25) is 11.7 Å². The largest absolute Gasteiger partial charge is 0.461 e. The molecule has 0 saturated carbocycles. The molecule has 1 N–H and O–H groups in total. The van der Waals surface area contributed by atoms with Crippen LogP contribution in [0.4, 0.5) is 0 Å². The summed E-state index contributed by atoms with van der Waals surface area (Å²) in [6.45, 7) is 7.00. The first-order valence-electron chi connectivity index (χ1n) is 5.83. The van der Waals surface area contributed by atoms with Gasteiger partial charge in [-0.2, -0.15) is 4.98 Å². The molecule has 0 amide bonds. The predicted octanol–water partition coefficient (Wildman–Crippen LogP) is 2.70. The van der Waals surface area contributed by atoms with Crippen LogP contribution in [0.1, 0.15) is 37.8 Å². The Bertz CT molecular complexity index is 476. The van der Waals surface area contributed by atoms with Gasteiger partial charge in [-0.05, 0) is 38.4 Å². The molecule has 2 aromatic rings. The van der Waals surface area contributed by atoms with Gasteiger partial charge >= 0.3 is 0 Å². The normalized spacial score (nSPS) is 12.9. The Balaban J connectivity index is 2.13. The number of nitrogens with one attached hydrogen (secondary N) is 1. The molecule has 0 bridgehead atoms. The van der Waals surface area contributed by atoms with Crippen molar-refractivity contribution in [2.24, 2.45) is 0 Å². The summed E-state index contributed by atoms with van der Waals surface area (Å²) < 4.78 is 10.5. The maximum absolute atomic E-state index is 5.32. The third-order valence-electron chi connectivity index (χ3n) is 2.58. The van der Waals surface area contributed by atoms with Crippen LogP contribution in [0.15, 0.2) is 21.3 Å². The molecule has 5 nitrogen and oxygen atoms in total. The lowest BCUT2D eigenvalue weighted by molar-refractivity contribution is 0.339. The molecule has 2 rings (SSSR count). The number of hydrogen-bond donors (Lipinski definition) is 1. The first-order valence-corrected chi connectivity index (χ1v) is 5.83. The van der Waals surface area contributed by atoms with Crippen LogP contribution in [0.5, 0.6) is 0 Å². The summed E-state index contributed by atoms with van der Waals surface area (Å²) in [5.74, 6) is 1.76. The van der Waals surface area contributed by atoms with Crippen molar-refractivity contribution in [3.05, 3.63) is 23.8 Å². The third kappa shape index (κ3) is 2.55. The van der Waals surface area contributed by atoms with Gasteiger partial charge in [0.05, 0.1) is 12.3 Å². The highest BCUT2D eigenvalue weighted by Crippen LogP contribution is 2.22. The van der Waals surface area contributed by atoms with Crippen molar-refractivity contribution < 1.29 is 8.94 Å². The molecule has 92 valence electrons. The average Bonchev–Trinajstić information content (AvgIpc) is 2.93. The van der Waals surface area contributed by atoms with Crippen LogP contribution in [-0.4, -0.2) is 16.7 Å². The summed E-state index contributed by atoms with van der Waals surface area (Å²) in [7, 11) is 0. The molecular formula is C12H17N3O2. The van der Waals surface area contributed by atoms with Crippen molar-refractivity contribution >= 4 is 0 Å². The fourth-order valence-corrected chi connectivity index (χ4v) is 1.55. The van der Waals surface area contributed by atoms with E-state index in [0.717, 1.165) is 18.5 Å². The summed E-state index contributed by atoms with van der Waals surface area (Å²) in [6, 6.07) is 1.94. The van der Waals surface area contributed by atoms with E-state index in [1.807, 2.05) is 19.9 Å². The molecule has 0 aliphatic carbocycles. The smallest absolute Gasteiger partial charge is 0.243 e. The fraction of sp³-hybridized carbons (Fsp3) is 0.500. The summed E-state index contributed by atoms with van der Waals surface area (Å²) in [4.78, 5) is 4.33. The Morgan fingerprint density at radius 2 is 2.29 bits per heavy atom. The van der Waals surface area contributed by atoms with Gasteiger partial charge in [0.15, 0.2) is 5.76 Å². The molecule has 0 radical (unpaired) electrons. The molecule has 0 aliphatic rings. The molecule has 0 spiro atoms. The zero-order valence-electron chi connectivity index (χ0n) is 10.4. The Labute approximate surface area is 100 Å². The van der Waals surface area contributed by atoms with Gasteiger partial charge in [0.25, 0.3) is 0 Å². The summed E-state index contributed by atoms with van der Waals surface area (Å²) in [5.41, 5.74) is 1.01. The van der Waals surface area contributed by atoms with Crippen molar-refractivity contribution in [1.29, 1.82) is 0 Å². The summed E-state index contributed by atoms with van der Waals surface area (Å²) in [6.07, 6.45) is 2.70. The predicted molar refractivity (Wildman–Crippen MR) is 63.4 cm³/mol. The quantitative estimate of drug-likeness (QED) is 0.863. The zero-order chi connectivity index (χ0) is 12.3. The van der Waals surface area contributed by atoms with E-state index in [0.29, 0.717) is 17.5 Å². The van der Waals surface area contributed by atoms with E-state index in [-0.39, 0.29) is 6.04 Å². The number of nitrogens with zero attached hydrogens (tertiary/aromatic N) is 2. The lowest BCUT2D eigenvalue weighted by atomic mass is 10.3. The minimum absolute atomic E-state index is 0.0615. The van der Waals surface area contributed by atoms with E-state index in [4.69, 9.17) is 8.94 Å². The molecule has 17 heavy (non-hydrogen) atoms. The molecular weight excluding hydrogens is 218 g/mol. The number of aryl methyl sites for hydroxylation is 1. The van der Waals surface area contributed by atoms with Crippen molar-refractivity contribution in [3.8, 4) is 11.6 Å². The lowest BCUT2D eigenvalue weighted by Crippen LogP contribution is -2.19. The molecule has 0 fully saturated rings. The topological polar surface area (TPSA) is 64.1 Å². The van der Waals surface area contributed by atoms with Crippen LogP contribution >= 0.6 is 0 Å². The number of rotatable bonds is 5. The van der Waals surface area contributed by atoms with Gasteiger partial charge in [-0.25, -0.2) is 0 Å². The standard InChI is InChI=1S/C12H17N3O2/c1-4-6-13-9(3)12-14-11(15-17-12)10-8(2)5-7-16-10/h5,7,9,13H,4,6H2,1-3H3. The number of aromatic nitrogens is 2. The van der Waals surface area contributed by atoms with Gasteiger partial charge < -0.3 is 14.3 Å². The maximum atomic E-state index is 5.32. The second kappa shape index (κ2) is 5.14. The monoisotopic (exact) mass is 235 g/mol. The molecule has 5 heteroatoms. The Kier molecular flexibility index (Phi) is 3.58. The van der Waals surface area contributed by atoms with Crippen LogP contribution in [-0.2, 0) is 0 Å². The van der Waals surface area contributed by atoms with Crippen molar-refractivity contribution in [1.82, 2.24) is 15.5 Å². The van der Waals surface area contributed by atoms with Crippen LogP contribution in [0.25, 0.3) is 11.6 Å². The minimum atomic E-state index is 0.0615. The van der Waals surface area contributed by atoms with E-state index in [1.54, 1.807) is 6.26 Å². The van der Waals surface area contributed by atoms with Crippen molar-refractivity contribution in [2.75, 3.05) is 6.54 Å². The molecule has 0 saturated heterocycles. The fourth-order valence-electron chi connectivity index (χ4n) is 1.55. The first kappa shape index (κ1) is 11.9. The van der Waals surface area contributed by atoms with E-state index < -0.39 is 0 Å². The molecule has 0 aliphatic heterocycles. The highest BCUT2D eigenvalue weighted by molar-refractivity contribution is 5.50. The summed E-state index contributed by atoms with van der Waals surface area (Å²) in [5, 5.41) is 7.22. The third-order valence-corrected chi connectivity index (χ3v) is 2.58. The highest BCUT2D eigenvalue weighted by atomic mass is 16.5. The zero-order valence-corrected chi connectivity index (χ0v) is 10.4. The first-order chi connectivity index (χ1) is 8.22. The molecule has 1 atom stereocenters. The van der Waals surface area contributed by atoms with E-state index in [9.17, 15) is 0 Å². The van der Waals surface area contributed by atoms with Gasteiger partial charge in [0.1, 0.15) is 0 Å².